The van der Waals surface area contributed by atoms with Crippen LogP contribution in [-0.4, -0.2) is 43.8 Å². The molecule has 0 amide bonds. The number of hydrogen-bond donors (Lipinski definition) is 1. The number of piperidine rings is 1. The average molecular weight is 290 g/mol. The number of anilines is 1. The molecule has 1 N–H and O–H groups in total. The van der Waals surface area contributed by atoms with E-state index < -0.39 is 0 Å². The first-order valence-electron chi connectivity index (χ1n) is 8.13. The van der Waals surface area contributed by atoms with E-state index in [0.717, 1.165) is 17.2 Å². The molecule has 1 aromatic carbocycles. The van der Waals surface area contributed by atoms with E-state index in [1.54, 1.807) is 7.11 Å². The quantitative estimate of drug-likeness (QED) is 0.903. The van der Waals surface area contributed by atoms with Crippen molar-refractivity contribution < 1.29 is 9.47 Å². The number of fused-ring (bicyclic) bond motifs is 1. The molecule has 3 rings (SSSR count). The van der Waals surface area contributed by atoms with Crippen LogP contribution < -0.4 is 14.8 Å². The normalized spacial score (nSPS) is 25.4. The summed E-state index contributed by atoms with van der Waals surface area (Å²) in [6, 6.07) is 7.41. The SMILES string of the molecule is CCOc1ccc(NC2CCN3CCCCC23)cc1OC. The molecule has 2 aliphatic heterocycles. The summed E-state index contributed by atoms with van der Waals surface area (Å²) in [6.07, 6.45) is 5.29. The molecule has 0 aliphatic carbocycles. The van der Waals surface area contributed by atoms with Gasteiger partial charge >= 0.3 is 0 Å². The third-order valence-electron chi connectivity index (χ3n) is 4.67. The lowest BCUT2D eigenvalue weighted by Crippen LogP contribution is -2.41. The van der Waals surface area contributed by atoms with Gasteiger partial charge in [-0.25, -0.2) is 0 Å². The first-order valence-corrected chi connectivity index (χ1v) is 8.13. The molecule has 2 aliphatic rings. The lowest BCUT2D eigenvalue weighted by Gasteiger charge is -2.33. The molecule has 2 unspecified atom stereocenters. The third-order valence-corrected chi connectivity index (χ3v) is 4.67. The molecule has 0 aromatic heterocycles. The second-order valence-electron chi connectivity index (χ2n) is 5.94. The molecule has 0 bridgehead atoms. The number of ether oxygens (including phenoxy) is 2. The van der Waals surface area contributed by atoms with Gasteiger partial charge in [0, 0.05) is 30.4 Å². The maximum Gasteiger partial charge on any atom is 0.162 e. The summed E-state index contributed by atoms with van der Waals surface area (Å²) < 4.78 is 11.0. The van der Waals surface area contributed by atoms with Crippen LogP contribution >= 0.6 is 0 Å². The van der Waals surface area contributed by atoms with Gasteiger partial charge in [0.05, 0.1) is 13.7 Å². The van der Waals surface area contributed by atoms with Crippen molar-refractivity contribution in [1.82, 2.24) is 4.90 Å². The van der Waals surface area contributed by atoms with Crippen LogP contribution in [0.25, 0.3) is 0 Å². The molecule has 4 heteroatoms. The van der Waals surface area contributed by atoms with E-state index in [2.05, 4.69) is 22.3 Å². The highest BCUT2D eigenvalue weighted by molar-refractivity contribution is 5.55. The molecule has 2 heterocycles. The molecular weight excluding hydrogens is 264 g/mol. The highest BCUT2D eigenvalue weighted by Crippen LogP contribution is 2.33. The fourth-order valence-corrected chi connectivity index (χ4v) is 3.66. The van der Waals surface area contributed by atoms with Crippen LogP contribution in [0.5, 0.6) is 11.5 Å². The lowest BCUT2D eigenvalue weighted by atomic mass is 9.99. The molecule has 0 saturated carbocycles. The van der Waals surface area contributed by atoms with E-state index in [4.69, 9.17) is 9.47 Å². The van der Waals surface area contributed by atoms with Gasteiger partial charge in [-0.05, 0) is 44.9 Å². The Morgan fingerprint density at radius 1 is 1.19 bits per heavy atom. The lowest BCUT2D eigenvalue weighted by molar-refractivity contribution is 0.193. The van der Waals surface area contributed by atoms with Crippen LogP contribution in [0.3, 0.4) is 0 Å². The highest BCUT2D eigenvalue weighted by Gasteiger charge is 2.35. The Balaban J connectivity index is 1.70. The van der Waals surface area contributed by atoms with Crippen LogP contribution in [0.15, 0.2) is 18.2 Å². The molecule has 0 radical (unpaired) electrons. The minimum atomic E-state index is 0.563. The number of hydrogen-bond acceptors (Lipinski definition) is 4. The third kappa shape index (κ3) is 3.10. The molecule has 0 spiro atoms. The van der Waals surface area contributed by atoms with Crippen molar-refractivity contribution in [2.45, 2.75) is 44.7 Å². The monoisotopic (exact) mass is 290 g/mol. The smallest absolute Gasteiger partial charge is 0.162 e. The Kier molecular flexibility index (Phi) is 4.54. The van der Waals surface area contributed by atoms with Crippen molar-refractivity contribution in [1.29, 1.82) is 0 Å². The zero-order chi connectivity index (χ0) is 14.7. The van der Waals surface area contributed by atoms with E-state index in [1.807, 2.05) is 13.0 Å². The van der Waals surface area contributed by atoms with Crippen molar-refractivity contribution in [2.75, 3.05) is 32.1 Å². The Labute approximate surface area is 127 Å². The van der Waals surface area contributed by atoms with Gasteiger partial charge in [0.2, 0.25) is 0 Å². The zero-order valence-corrected chi connectivity index (χ0v) is 13.1. The van der Waals surface area contributed by atoms with Gasteiger partial charge in [0.1, 0.15) is 0 Å². The Bertz CT molecular complexity index is 478. The van der Waals surface area contributed by atoms with Crippen molar-refractivity contribution >= 4 is 5.69 Å². The van der Waals surface area contributed by atoms with E-state index in [-0.39, 0.29) is 0 Å². The van der Waals surface area contributed by atoms with Crippen molar-refractivity contribution in [3.63, 3.8) is 0 Å². The van der Waals surface area contributed by atoms with E-state index >= 15 is 0 Å². The minimum absolute atomic E-state index is 0.563. The molecule has 4 nitrogen and oxygen atoms in total. The topological polar surface area (TPSA) is 33.7 Å². The second-order valence-corrected chi connectivity index (χ2v) is 5.94. The summed E-state index contributed by atoms with van der Waals surface area (Å²) in [5.74, 6) is 1.62. The van der Waals surface area contributed by atoms with E-state index in [9.17, 15) is 0 Å². The second kappa shape index (κ2) is 6.56. The Morgan fingerprint density at radius 3 is 2.90 bits per heavy atom. The zero-order valence-electron chi connectivity index (χ0n) is 13.1. The van der Waals surface area contributed by atoms with Gasteiger partial charge in [-0.3, -0.25) is 4.90 Å². The van der Waals surface area contributed by atoms with Crippen LogP contribution in [0, 0.1) is 0 Å². The maximum atomic E-state index is 5.58. The largest absolute Gasteiger partial charge is 0.493 e. The van der Waals surface area contributed by atoms with Crippen LogP contribution in [0.4, 0.5) is 5.69 Å². The first-order chi connectivity index (χ1) is 10.3. The minimum Gasteiger partial charge on any atom is -0.493 e. The fourth-order valence-electron chi connectivity index (χ4n) is 3.66. The number of rotatable bonds is 5. The summed E-state index contributed by atoms with van der Waals surface area (Å²) in [4.78, 5) is 2.65. The summed E-state index contributed by atoms with van der Waals surface area (Å²) in [5.41, 5.74) is 1.13. The Morgan fingerprint density at radius 2 is 2.10 bits per heavy atom. The summed E-state index contributed by atoms with van der Waals surface area (Å²) in [5, 5.41) is 3.71. The summed E-state index contributed by atoms with van der Waals surface area (Å²) in [6.45, 7) is 5.15. The van der Waals surface area contributed by atoms with Gasteiger partial charge in [-0.15, -0.1) is 0 Å². The molecule has 1 aromatic rings. The van der Waals surface area contributed by atoms with Gasteiger partial charge in [-0.1, -0.05) is 6.42 Å². The molecule has 2 atom stereocenters. The molecule has 116 valence electrons. The number of benzene rings is 1. The van der Waals surface area contributed by atoms with Gasteiger partial charge < -0.3 is 14.8 Å². The number of nitrogens with one attached hydrogen (secondary N) is 1. The van der Waals surface area contributed by atoms with Gasteiger partial charge in [0.15, 0.2) is 11.5 Å². The summed E-state index contributed by atoms with van der Waals surface area (Å²) >= 11 is 0. The predicted octanol–water partition coefficient (Wildman–Crippen LogP) is 3.13. The maximum absolute atomic E-state index is 5.58. The van der Waals surface area contributed by atoms with E-state index in [0.29, 0.717) is 18.7 Å². The van der Waals surface area contributed by atoms with Crippen molar-refractivity contribution in [3.8, 4) is 11.5 Å². The number of nitrogens with zero attached hydrogens (tertiary/aromatic N) is 1. The predicted molar refractivity (Wildman–Crippen MR) is 85.4 cm³/mol. The van der Waals surface area contributed by atoms with E-state index in [1.165, 1.54) is 38.8 Å². The summed E-state index contributed by atoms with van der Waals surface area (Å²) in [7, 11) is 1.69. The first kappa shape index (κ1) is 14.5. The number of methoxy groups -OCH3 is 1. The highest BCUT2D eigenvalue weighted by atomic mass is 16.5. The molecular formula is C17H26N2O2. The van der Waals surface area contributed by atoms with Crippen molar-refractivity contribution in [2.24, 2.45) is 0 Å². The van der Waals surface area contributed by atoms with Crippen LogP contribution in [0.1, 0.15) is 32.6 Å². The van der Waals surface area contributed by atoms with Gasteiger partial charge in [0.25, 0.3) is 0 Å². The standard InChI is InChI=1S/C17H26N2O2/c1-3-21-16-8-7-13(12-17(16)20-2)18-14-9-11-19-10-5-4-6-15(14)19/h7-8,12,14-15,18H,3-6,9-11H2,1-2H3. The van der Waals surface area contributed by atoms with Gasteiger partial charge in [-0.2, -0.15) is 0 Å². The molecule has 2 fully saturated rings. The van der Waals surface area contributed by atoms with Crippen LogP contribution in [0.2, 0.25) is 0 Å². The fraction of sp³-hybridized carbons (Fsp3) is 0.647. The Hall–Kier alpha value is -1.42. The van der Waals surface area contributed by atoms with Crippen LogP contribution in [-0.2, 0) is 0 Å². The average Bonchev–Trinajstić information content (AvgIpc) is 2.92. The van der Waals surface area contributed by atoms with Crippen molar-refractivity contribution in [3.05, 3.63) is 18.2 Å². The molecule has 2 saturated heterocycles. The molecule has 21 heavy (non-hydrogen) atoms.